The Balaban J connectivity index is 1.51. The van der Waals surface area contributed by atoms with Gasteiger partial charge in [-0.25, -0.2) is 9.59 Å². The molecule has 6 amide bonds. The molecule has 0 radical (unpaired) electrons. The molecule has 1 aliphatic carbocycles. The Labute approximate surface area is 144 Å². The van der Waals surface area contributed by atoms with Crippen molar-refractivity contribution in [1.82, 2.24) is 20.9 Å². The topological polar surface area (TPSA) is 121 Å². The van der Waals surface area contributed by atoms with E-state index in [2.05, 4.69) is 16.0 Å². The number of carbonyl (C=O) groups excluding carboxylic acids is 4. The van der Waals surface area contributed by atoms with E-state index in [0.717, 1.165) is 24.2 Å². The summed E-state index contributed by atoms with van der Waals surface area (Å²) in [5.74, 6) is -0.576. The predicted octanol–water partition coefficient (Wildman–Crippen LogP) is 0.860. The van der Waals surface area contributed by atoms with E-state index in [1.165, 1.54) is 6.26 Å². The summed E-state index contributed by atoms with van der Waals surface area (Å²) in [6, 6.07) is 2.05. The summed E-state index contributed by atoms with van der Waals surface area (Å²) in [4.78, 5) is 49.1. The fraction of sp³-hybridized carbons (Fsp3) is 0.500. The molecule has 9 nitrogen and oxygen atoms in total. The molecule has 134 valence electrons. The van der Waals surface area contributed by atoms with E-state index < -0.39 is 30.1 Å². The van der Waals surface area contributed by atoms with Gasteiger partial charge in [0.25, 0.3) is 5.91 Å². The maximum atomic E-state index is 12.5. The summed E-state index contributed by atoms with van der Waals surface area (Å²) in [7, 11) is 0. The zero-order valence-electron chi connectivity index (χ0n) is 13.7. The smallest absolute Gasteiger partial charge is 0.325 e. The van der Waals surface area contributed by atoms with E-state index in [9.17, 15) is 19.2 Å². The Morgan fingerprint density at radius 3 is 2.68 bits per heavy atom. The Hall–Kier alpha value is -2.84. The van der Waals surface area contributed by atoms with Gasteiger partial charge >= 0.3 is 12.1 Å². The molecule has 1 saturated heterocycles. The molecule has 3 rings (SSSR count). The number of furan rings is 1. The minimum Gasteiger partial charge on any atom is -0.467 e. The maximum absolute atomic E-state index is 12.5. The Bertz CT molecular complexity index is 679. The van der Waals surface area contributed by atoms with Crippen LogP contribution in [0.1, 0.15) is 37.9 Å². The maximum Gasteiger partial charge on any atom is 0.325 e. The number of nitrogens with one attached hydrogen (secondary N) is 3. The molecule has 2 heterocycles. The quantitative estimate of drug-likeness (QED) is 0.697. The standard InChI is InChI=1S/C16H20N4O5/c21-12(18-14(23)17-9-11-5-4-8-25-11)10-20-13(22)16(19-15(20)24)6-2-1-3-7-16/h4-5,8H,1-3,6-7,9-10H2,(H,19,24)(H2,17,18,21,23). The summed E-state index contributed by atoms with van der Waals surface area (Å²) in [6.45, 7) is -0.362. The molecule has 25 heavy (non-hydrogen) atoms. The van der Waals surface area contributed by atoms with Gasteiger partial charge in [0, 0.05) is 0 Å². The zero-order chi connectivity index (χ0) is 17.9. The van der Waals surface area contributed by atoms with Crippen LogP contribution >= 0.6 is 0 Å². The number of carbonyl (C=O) groups is 4. The van der Waals surface area contributed by atoms with E-state index >= 15 is 0 Å². The zero-order valence-corrected chi connectivity index (χ0v) is 13.7. The monoisotopic (exact) mass is 348 g/mol. The highest BCUT2D eigenvalue weighted by Gasteiger charge is 2.51. The van der Waals surface area contributed by atoms with Crippen LogP contribution in [-0.2, 0) is 16.1 Å². The lowest BCUT2D eigenvalue weighted by Crippen LogP contribution is -2.49. The average Bonchev–Trinajstić information content (AvgIpc) is 3.17. The van der Waals surface area contributed by atoms with Crippen molar-refractivity contribution >= 4 is 23.9 Å². The molecular formula is C16H20N4O5. The van der Waals surface area contributed by atoms with E-state index in [1.54, 1.807) is 12.1 Å². The molecule has 1 aromatic heterocycles. The number of imide groups is 2. The van der Waals surface area contributed by atoms with Crippen LogP contribution in [0.5, 0.6) is 0 Å². The van der Waals surface area contributed by atoms with Crippen LogP contribution in [0.4, 0.5) is 9.59 Å². The lowest BCUT2D eigenvalue weighted by molar-refractivity contribution is -0.135. The summed E-state index contributed by atoms with van der Waals surface area (Å²) in [5.41, 5.74) is -0.878. The van der Waals surface area contributed by atoms with Gasteiger partial charge in [-0.05, 0) is 25.0 Å². The molecule has 3 N–H and O–H groups in total. The van der Waals surface area contributed by atoms with Crippen molar-refractivity contribution in [2.75, 3.05) is 6.54 Å². The highest BCUT2D eigenvalue weighted by atomic mass is 16.3. The van der Waals surface area contributed by atoms with E-state index in [0.29, 0.717) is 18.6 Å². The summed E-state index contributed by atoms with van der Waals surface area (Å²) >= 11 is 0. The first kappa shape index (κ1) is 17.0. The lowest BCUT2D eigenvalue weighted by atomic mass is 9.82. The first-order valence-corrected chi connectivity index (χ1v) is 8.24. The molecular weight excluding hydrogens is 328 g/mol. The van der Waals surface area contributed by atoms with Gasteiger partial charge in [-0.2, -0.15) is 0 Å². The van der Waals surface area contributed by atoms with Gasteiger partial charge in [-0.3, -0.25) is 19.8 Å². The molecule has 1 saturated carbocycles. The normalized spacial score (nSPS) is 19.0. The van der Waals surface area contributed by atoms with Crippen LogP contribution < -0.4 is 16.0 Å². The van der Waals surface area contributed by atoms with Crippen molar-refractivity contribution in [3.63, 3.8) is 0 Å². The van der Waals surface area contributed by atoms with Gasteiger partial charge in [-0.15, -0.1) is 0 Å². The largest absolute Gasteiger partial charge is 0.467 e. The first-order valence-electron chi connectivity index (χ1n) is 8.24. The minimum atomic E-state index is -0.878. The third kappa shape index (κ3) is 3.65. The first-order chi connectivity index (χ1) is 12.0. The Morgan fingerprint density at radius 1 is 1.24 bits per heavy atom. The molecule has 0 atom stereocenters. The van der Waals surface area contributed by atoms with Crippen molar-refractivity contribution in [3.05, 3.63) is 24.2 Å². The van der Waals surface area contributed by atoms with Crippen LogP contribution in [0.15, 0.2) is 22.8 Å². The van der Waals surface area contributed by atoms with Crippen LogP contribution in [-0.4, -0.2) is 40.9 Å². The van der Waals surface area contributed by atoms with Crippen molar-refractivity contribution in [2.24, 2.45) is 0 Å². The third-order valence-electron chi connectivity index (χ3n) is 4.51. The second kappa shape index (κ2) is 6.96. The fourth-order valence-corrected chi connectivity index (χ4v) is 3.25. The van der Waals surface area contributed by atoms with Crippen LogP contribution in [0, 0.1) is 0 Å². The van der Waals surface area contributed by atoms with Crippen molar-refractivity contribution in [1.29, 1.82) is 0 Å². The highest BCUT2D eigenvalue weighted by molar-refractivity contribution is 6.10. The van der Waals surface area contributed by atoms with Crippen molar-refractivity contribution < 1.29 is 23.6 Å². The van der Waals surface area contributed by atoms with E-state index in [4.69, 9.17) is 4.42 Å². The van der Waals surface area contributed by atoms with Crippen molar-refractivity contribution in [2.45, 2.75) is 44.2 Å². The number of hydrogen-bond acceptors (Lipinski definition) is 5. The number of amides is 6. The number of urea groups is 2. The SMILES string of the molecule is O=C(CN1C(=O)NC2(CCCCC2)C1=O)NC(=O)NCc1ccco1. The Morgan fingerprint density at radius 2 is 2.00 bits per heavy atom. The van der Waals surface area contributed by atoms with E-state index in [-0.39, 0.29) is 12.5 Å². The summed E-state index contributed by atoms with van der Waals surface area (Å²) in [6.07, 6.45) is 5.39. The molecule has 2 fully saturated rings. The second-order valence-electron chi connectivity index (χ2n) is 6.27. The van der Waals surface area contributed by atoms with Gasteiger partial charge in [0.05, 0.1) is 12.8 Å². The molecule has 2 aliphatic rings. The molecule has 1 spiro atoms. The Kier molecular flexibility index (Phi) is 4.73. The van der Waals surface area contributed by atoms with Gasteiger partial charge in [0.2, 0.25) is 5.91 Å². The molecule has 1 aliphatic heterocycles. The average molecular weight is 348 g/mol. The molecule has 0 unspecified atom stereocenters. The number of rotatable bonds is 4. The summed E-state index contributed by atoms with van der Waals surface area (Å²) in [5, 5.41) is 7.26. The van der Waals surface area contributed by atoms with Crippen LogP contribution in [0.2, 0.25) is 0 Å². The summed E-state index contributed by atoms with van der Waals surface area (Å²) < 4.78 is 5.06. The minimum absolute atomic E-state index is 0.123. The molecule has 9 heteroatoms. The number of hydrogen-bond donors (Lipinski definition) is 3. The molecule has 1 aromatic rings. The molecule has 0 bridgehead atoms. The van der Waals surface area contributed by atoms with E-state index in [1.807, 2.05) is 0 Å². The molecule has 0 aromatic carbocycles. The fourth-order valence-electron chi connectivity index (χ4n) is 3.25. The number of nitrogens with zero attached hydrogens (tertiary/aromatic N) is 1. The van der Waals surface area contributed by atoms with Gasteiger partial charge in [-0.1, -0.05) is 19.3 Å². The van der Waals surface area contributed by atoms with Crippen molar-refractivity contribution in [3.8, 4) is 0 Å². The van der Waals surface area contributed by atoms with Gasteiger partial charge < -0.3 is 15.1 Å². The highest BCUT2D eigenvalue weighted by Crippen LogP contribution is 2.33. The second-order valence-corrected chi connectivity index (χ2v) is 6.27. The van der Waals surface area contributed by atoms with Gasteiger partial charge in [0.15, 0.2) is 0 Å². The van der Waals surface area contributed by atoms with Crippen LogP contribution in [0.25, 0.3) is 0 Å². The third-order valence-corrected chi connectivity index (χ3v) is 4.51. The van der Waals surface area contributed by atoms with Gasteiger partial charge in [0.1, 0.15) is 17.8 Å². The predicted molar refractivity (Wildman–Crippen MR) is 85.1 cm³/mol. The lowest BCUT2D eigenvalue weighted by Gasteiger charge is -2.30. The van der Waals surface area contributed by atoms with Crippen LogP contribution in [0.3, 0.4) is 0 Å².